The summed E-state index contributed by atoms with van der Waals surface area (Å²) in [7, 11) is 0. The quantitative estimate of drug-likeness (QED) is 0.379. The van der Waals surface area contributed by atoms with Crippen LogP contribution in [0.2, 0.25) is 0 Å². The predicted octanol–water partition coefficient (Wildman–Crippen LogP) is 4.14. The fraction of sp³-hybridized carbons (Fsp3) is 0.259. The summed E-state index contributed by atoms with van der Waals surface area (Å²) in [6.45, 7) is 2.18. The Hall–Kier alpha value is -4.45. The predicted molar refractivity (Wildman–Crippen MR) is 135 cm³/mol. The second kappa shape index (κ2) is 11.1. The number of pyridine rings is 1. The van der Waals surface area contributed by atoms with E-state index in [0.29, 0.717) is 37.2 Å². The van der Waals surface area contributed by atoms with E-state index in [1.165, 1.54) is 10.7 Å². The van der Waals surface area contributed by atoms with E-state index >= 15 is 0 Å². The summed E-state index contributed by atoms with van der Waals surface area (Å²) in [4.78, 5) is 30.8. The van der Waals surface area contributed by atoms with Crippen LogP contribution in [0.3, 0.4) is 0 Å². The molecular formula is C27H24F3N5O4. The third-order valence-corrected chi connectivity index (χ3v) is 6.07. The highest BCUT2D eigenvalue weighted by molar-refractivity contribution is 6.05. The van der Waals surface area contributed by atoms with Crippen molar-refractivity contribution in [2.45, 2.75) is 19.3 Å². The minimum atomic E-state index is -4.69. The largest absolute Gasteiger partial charge is 0.487 e. The maximum atomic E-state index is 13.1. The van der Waals surface area contributed by atoms with E-state index in [2.05, 4.69) is 15.4 Å². The molecule has 2 aromatic carbocycles. The molecule has 2 aromatic heterocycles. The lowest BCUT2D eigenvalue weighted by Gasteiger charge is -2.26. The lowest BCUT2D eigenvalue weighted by atomic mass is 10.2. The SMILES string of the molecule is O=C(Nc1cc2cn(CC(=O)N3CCOCC3)nc2cc1OCc1ccccc1)c1cccc(C(F)(F)F)n1. The second-order valence-corrected chi connectivity index (χ2v) is 8.86. The van der Waals surface area contributed by atoms with E-state index in [4.69, 9.17) is 9.47 Å². The smallest absolute Gasteiger partial charge is 0.433 e. The molecule has 1 saturated heterocycles. The van der Waals surface area contributed by atoms with Gasteiger partial charge < -0.3 is 19.7 Å². The van der Waals surface area contributed by atoms with Gasteiger partial charge in [0.05, 0.1) is 24.4 Å². The van der Waals surface area contributed by atoms with E-state index in [0.717, 1.165) is 17.7 Å². The lowest BCUT2D eigenvalue weighted by Crippen LogP contribution is -2.42. The van der Waals surface area contributed by atoms with Crippen LogP contribution >= 0.6 is 0 Å². The van der Waals surface area contributed by atoms with Gasteiger partial charge in [-0.15, -0.1) is 0 Å². The molecule has 39 heavy (non-hydrogen) atoms. The molecule has 12 heteroatoms. The first kappa shape index (κ1) is 26.2. The first-order valence-corrected chi connectivity index (χ1v) is 12.2. The number of carbonyl (C=O) groups is 2. The molecule has 1 N–H and O–H groups in total. The first-order chi connectivity index (χ1) is 18.8. The molecule has 5 rings (SSSR count). The van der Waals surface area contributed by atoms with Gasteiger partial charge in [0.1, 0.15) is 30.3 Å². The molecule has 1 aliphatic rings. The average molecular weight is 540 g/mol. The minimum Gasteiger partial charge on any atom is -0.487 e. The molecule has 2 amide bonds. The molecule has 1 aliphatic heterocycles. The summed E-state index contributed by atoms with van der Waals surface area (Å²) in [6, 6.07) is 15.7. The number of benzene rings is 2. The molecular weight excluding hydrogens is 515 g/mol. The summed E-state index contributed by atoms with van der Waals surface area (Å²) in [5.74, 6) is -0.674. The number of anilines is 1. The molecule has 0 unspecified atom stereocenters. The maximum absolute atomic E-state index is 13.1. The standard InChI is InChI=1S/C27H24F3N5O4/c28-27(29,30)24-8-4-7-20(31-24)26(37)32-22-13-19-15-35(16-25(36)34-9-11-38-12-10-34)33-21(19)14-23(22)39-17-18-5-2-1-3-6-18/h1-8,13-15H,9-12,16-17H2,(H,32,37). The Morgan fingerprint density at radius 3 is 2.54 bits per heavy atom. The summed E-state index contributed by atoms with van der Waals surface area (Å²) < 4.78 is 52.1. The second-order valence-electron chi connectivity index (χ2n) is 8.86. The molecule has 0 aliphatic carbocycles. The Bertz CT molecular complexity index is 1480. The number of halogens is 3. The Morgan fingerprint density at radius 1 is 1.03 bits per heavy atom. The molecule has 9 nitrogen and oxygen atoms in total. The van der Waals surface area contributed by atoms with Crippen LogP contribution in [0.4, 0.5) is 18.9 Å². The lowest BCUT2D eigenvalue weighted by molar-refractivity contribution is -0.141. The number of fused-ring (bicyclic) bond motifs is 1. The third-order valence-electron chi connectivity index (χ3n) is 6.07. The van der Waals surface area contributed by atoms with Gasteiger partial charge in [-0.05, 0) is 23.8 Å². The van der Waals surface area contributed by atoms with Gasteiger partial charge in [0.15, 0.2) is 0 Å². The van der Waals surface area contributed by atoms with Crippen LogP contribution in [0.25, 0.3) is 10.9 Å². The Morgan fingerprint density at radius 2 is 1.79 bits per heavy atom. The number of nitrogens with one attached hydrogen (secondary N) is 1. The molecule has 0 bridgehead atoms. The fourth-order valence-corrected chi connectivity index (χ4v) is 4.09. The molecule has 0 saturated carbocycles. The number of amides is 2. The zero-order chi connectivity index (χ0) is 27.4. The topological polar surface area (TPSA) is 98.6 Å². The molecule has 1 fully saturated rings. The van der Waals surface area contributed by atoms with Gasteiger partial charge in [-0.25, -0.2) is 4.98 Å². The Kier molecular flexibility index (Phi) is 7.46. The van der Waals surface area contributed by atoms with Crippen LogP contribution in [-0.4, -0.2) is 57.8 Å². The van der Waals surface area contributed by atoms with Crippen LogP contribution in [0.1, 0.15) is 21.7 Å². The summed E-state index contributed by atoms with van der Waals surface area (Å²) in [6.07, 6.45) is -3.03. The van der Waals surface area contributed by atoms with Crippen LogP contribution in [0.5, 0.6) is 5.75 Å². The highest BCUT2D eigenvalue weighted by Crippen LogP contribution is 2.32. The Labute approximate surface area is 221 Å². The maximum Gasteiger partial charge on any atom is 0.433 e. The van der Waals surface area contributed by atoms with Gasteiger partial charge in [0.25, 0.3) is 5.91 Å². The monoisotopic (exact) mass is 539 g/mol. The van der Waals surface area contributed by atoms with Crippen molar-refractivity contribution in [3.05, 3.63) is 83.8 Å². The van der Waals surface area contributed by atoms with E-state index in [-0.39, 0.29) is 30.5 Å². The molecule has 3 heterocycles. The van der Waals surface area contributed by atoms with Crippen molar-refractivity contribution in [2.75, 3.05) is 31.6 Å². The highest BCUT2D eigenvalue weighted by atomic mass is 19.4. The Balaban J connectivity index is 1.42. The minimum absolute atomic E-state index is 0.0186. The first-order valence-electron chi connectivity index (χ1n) is 12.2. The van der Waals surface area contributed by atoms with E-state index in [1.54, 1.807) is 23.2 Å². The summed E-state index contributed by atoms with van der Waals surface area (Å²) in [5.41, 5.74) is 0.0453. The normalized spacial score (nSPS) is 13.9. The highest BCUT2D eigenvalue weighted by Gasteiger charge is 2.33. The number of alkyl halides is 3. The van der Waals surface area contributed by atoms with Crippen LogP contribution in [0, 0.1) is 0 Å². The number of hydrogen-bond donors (Lipinski definition) is 1. The van der Waals surface area contributed by atoms with Crippen molar-refractivity contribution in [3.63, 3.8) is 0 Å². The molecule has 0 spiro atoms. The zero-order valence-electron chi connectivity index (χ0n) is 20.6. The fourth-order valence-electron chi connectivity index (χ4n) is 4.09. The number of hydrogen-bond acceptors (Lipinski definition) is 6. The van der Waals surface area contributed by atoms with Gasteiger partial charge >= 0.3 is 6.18 Å². The third kappa shape index (κ3) is 6.34. The van der Waals surface area contributed by atoms with Gasteiger partial charge in [0, 0.05) is 30.7 Å². The molecule has 202 valence electrons. The van der Waals surface area contributed by atoms with Gasteiger partial charge in [-0.2, -0.15) is 18.3 Å². The number of carbonyl (C=O) groups excluding carboxylic acids is 2. The van der Waals surface area contributed by atoms with Gasteiger partial charge in [-0.1, -0.05) is 36.4 Å². The van der Waals surface area contributed by atoms with Crippen molar-refractivity contribution in [1.29, 1.82) is 0 Å². The molecule has 4 aromatic rings. The number of rotatable bonds is 7. The number of nitrogens with zero attached hydrogens (tertiary/aromatic N) is 4. The van der Waals surface area contributed by atoms with Crippen LogP contribution < -0.4 is 10.1 Å². The zero-order valence-corrected chi connectivity index (χ0v) is 20.6. The van der Waals surface area contributed by atoms with Crippen molar-refractivity contribution in [2.24, 2.45) is 0 Å². The van der Waals surface area contributed by atoms with E-state index < -0.39 is 23.5 Å². The average Bonchev–Trinajstić information content (AvgIpc) is 3.33. The molecule has 0 radical (unpaired) electrons. The van der Waals surface area contributed by atoms with Crippen molar-refractivity contribution < 1.29 is 32.2 Å². The van der Waals surface area contributed by atoms with Gasteiger partial charge in [-0.3, -0.25) is 14.3 Å². The molecule has 0 atom stereocenters. The van der Waals surface area contributed by atoms with E-state index in [9.17, 15) is 22.8 Å². The van der Waals surface area contributed by atoms with Crippen LogP contribution in [0.15, 0.2) is 66.9 Å². The van der Waals surface area contributed by atoms with Crippen molar-refractivity contribution in [1.82, 2.24) is 19.7 Å². The number of aromatic nitrogens is 3. The van der Waals surface area contributed by atoms with Gasteiger partial charge in [0.2, 0.25) is 5.91 Å². The summed E-state index contributed by atoms with van der Waals surface area (Å²) in [5, 5.41) is 7.70. The van der Waals surface area contributed by atoms with Crippen molar-refractivity contribution in [3.8, 4) is 5.75 Å². The van der Waals surface area contributed by atoms with Crippen LogP contribution in [-0.2, 0) is 28.9 Å². The number of morpholine rings is 1. The summed E-state index contributed by atoms with van der Waals surface area (Å²) >= 11 is 0. The van der Waals surface area contributed by atoms with Crippen molar-refractivity contribution >= 4 is 28.4 Å². The van der Waals surface area contributed by atoms with E-state index in [1.807, 2.05) is 30.3 Å². The number of ether oxygens (including phenoxy) is 2.